The molecule has 2 aromatic rings. The van der Waals surface area contributed by atoms with Crippen LogP contribution in [0.3, 0.4) is 0 Å². The van der Waals surface area contributed by atoms with Crippen LogP contribution in [0.15, 0.2) is 48.5 Å². The van der Waals surface area contributed by atoms with Crippen LogP contribution in [-0.2, 0) is 0 Å². The number of nitrogens with one attached hydrogen (secondary N) is 2. The summed E-state index contributed by atoms with van der Waals surface area (Å²) in [6, 6.07) is 12.6. The highest BCUT2D eigenvalue weighted by Crippen LogP contribution is 2.23. The lowest BCUT2D eigenvalue weighted by Crippen LogP contribution is -2.31. The van der Waals surface area contributed by atoms with Gasteiger partial charge in [0.15, 0.2) is 0 Å². The van der Waals surface area contributed by atoms with Crippen molar-refractivity contribution in [2.24, 2.45) is 0 Å². The van der Waals surface area contributed by atoms with Gasteiger partial charge in [0, 0.05) is 0 Å². The Hall–Kier alpha value is -2.56. The Morgan fingerprint density at radius 2 is 1.81 bits per heavy atom. The summed E-state index contributed by atoms with van der Waals surface area (Å²) in [7, 11) is 1.54. The molecular weight excluding hydrogens is 271 g/mol. The Labute approximate surface area is 122 Å². The van der Waals surface area contributed by atoms with E-state index in [9.17, 15) is 9.18 Å². The van der Waals surface area contributed by atoms with Gasteiger partial charge >= 0.3 is 6.03 Å². The van der Waals surface area contributed by atoms with E-state index < -0.39 is 0 Å². The van der Waals surface area contributed by atoms with Crippen LogP contribution in [0.4, 0.5) is 14.9 Å². The van der Waals surface area contributed by atoms with Gasteiger partial charge < -0.3 is 15.4 Å². The van der Waals surface area contributed by atoms with E-state index in [0.717, 1.165) is 5.56 Å². The van der Waals surface area contributed by atoms with Gasteiger partial charge in [-0.25, -0.2) is 9.18 Å². The number of rotatable bonds is 4. The minimum atomic E-state index is -0.351. The minimum absolute atomic E-state index is 0.236. The zero-order valence-electron chi connectivity index (χ0n) is 11.9. The molecule has 2 rings (SSSR count). The molecule has 0 saturated heterocycles. The van der Waals surface area contributed by atoms with Gasteiger partial charge in [-0.1, -0.05) is 24.3 Å². The molecule has 0 aliphatic heterocycles. The van der Waals surface area contributed by atoms with Gasteiger partial charge in [0.2, 0.25) is 0 Å². The second-order valence-electron chi connectivity index (χ2n) is 4.57. The lowest BCUT2D eigenvalue weighted by atomic mass is 10.1. The molecule has 0 aliphatic carbocycles. The van der Waals surface area contributed by atoms with E-state index in [1.54, 1.807) is 31.4 Å². The number of benzene rings is 2. The summed E-state index contributed by atoms with van der Waals surface area (Å²) in [4.78, 5) is 12.0. The molecule has 0 bridgehead atoms. The predicted octanol–water partition coefficient (Wildman–Crippen LogP) is 3.72. The van der Waals surface area contributed by atoms with Crippen molar-refractivity contribution in [1.29, 1.82) is 0 Å². The summed E-state index contributed by atoms with van der Waals surface area (Å²) >= 11 is 0. The van der Waals surface area contributed by atoms with Crippen LogP contribution < -0.4 is 15.4 Å². The predicted molar refractivity (Wildman–Crippen MR) is 80.0 cm³/mol. The first-order valence-electron chi connectivity index (χ1n) is 6.56. The van der Waals surface area contributed by atoms with Crippen molar-refractivity contribution in [2.75, 3.05) is 12.4 Å². The number of para-hydroxylation sites is 2. The summed E-state index contributed by atoms with van der Waals surface area (Å²) in [5.41, 5.74) is 1.41. The minimum Gasteiger partial charge on any atom is -0.495 e. The molecule has 0 aromatic heterocycles. The SMILES string of the molecule is COc1ccccc1NC(=O)N[C@@H](C)c1ccc(F)cc1. The topological polar surface area (TPSA) is 50.4 Å². The summed E-state index contributed by atoms with van der Waals surface area (Å²) in [5, 5.41) is 5.51. The molecule has 0 unspecified atom stereocenters. The van der Waals surface area contributed by atoms with Gasteiger partial charge in [-0.2, -0.15) is 0 Å². The summed E-state index contributed by atoms with van der Waals surface area (Å²) in [6.45, 7) is 1.83. The van der Waals surface area contributed by atoms with Gasteiger partial charge in [0.05, 0.1) is 18.8 Å². The first kappa shape index (κ1) is 14.8. The fourth-order valence-electron chi connectivity index (χ4n) is 1.94. The second-order valence-corrected chi connectivity index (χ2v) is 4.57. The molecular formula is C16H17FN2O2. The molecule has 5 heteroatoms. The van der Waals surface area contributed by atoms with Crippen molar-refractivity contribution in [3.05, 3.63) is 59.9 Å². The van der Waals surface area contributed by atoms with Gasteiger partial charge in [0.1, 0.15) is 11.6 Å². The summed E-state index contributed by atoms with van der Waals surface area (Å²) in [5.74, 6) is 0.284. The first-order chi connectivity index (χ1) is 10.1. The Bertz CT molecular complexity index is 614. The average Bonchev–Trinajstić information content (AvgIpc) is 2.48. The molecule has 0 aliphatic rings. The Morgan fingerprint density at radius 1 is 1.14 bits per heavy atom. The van der Waals surface area contributed by atoms with Crippen LogP contribution in [0, 0.1) is 5.82 Å². The molecule has 0 radical (unpaired) electrons. The maximum absolute atomic E-state index is 12.9. The number of methoxy groups -OCH3 is 1. The van der Waals surface area contributed by atoms with E-state index >= 15 is 0 Å². The monoisotopic (exact) mass is 288 g/mol. The van der Waals surface area contributed by atoms with E-state index in [1.165, 1.54) is 12.1 Å². The van der Waals surface area contributed by atoms with E-state index in [1.807, 2.05) is 19.1 Å². The fraction of sp³-hybridized carbons (Fsp3) is 0.188. The highest BCUT2D eigenvalue weighted by molar-refractivity contribution is 5.91. The molecule has 0 fully saturated rings. The smallest absolute Gasteiger partial charge is 0.319 e. The van der Waals surface area contributed by atoms with E-state index in [2.05, 4.69) is 10.6 Å². The summed E-state index contributed by atoms with van der Waals surface area (Å²) in [6.07, 6.45) is 0. The van der Waals surface area contributed by atoms with Crippen LogP contribution in [0.1, 0.15) is 18.5 Å². The van der Waals surface area contributed by atoms with Gasteiger partial charge in [-0.05, 0) is 36.8 Å². The number of hydrogen-bond acceptors (Lipinski definition) is 2. The third kappa shape index (κ3) is 3.95. The second kappa shape index (κ2) is 6.74. The maximum Gasteiger partial charge on any atom is 0.319 e. The first-order valence-corrected chi connectivity index (χ1v) is 6.56. The van der Waals surface area contributed by atoms with Crippen molar-refractivity contribution >= 4 is 11.7 Å². The lowest BCUT2D eigenvalue weighted by Gasteiger charge is -2.16. The molecule has 2 aromatic carbocycles. The number of halogens is 1. The molecule has 1 atom stereocenters. The quantitative estimate of drug-likeness (QED) is 0.901. The highest BCUT2D eigenvalue weighted by Gasteiger charge is 2.11. The van der Waals surface area contributed by atoms with Gasteiger partial charge in [0.25, 0.3) is 0 Å². The van der Waals surface area contributed by atoms with Crippen molar-refractivity contribution in [3.8, 4) is 5.75 Å². The van der Waals surface area contributed by atoms with Crippen LogP contribution in [-0.4, -0.2) is 13.1 Å². The zero-order chi connectivity index (χ0) is 15.2. The average molecular weight is 288 g/mol. The van der Waals surface area contributed by atoms with E-state index in [0.29, 0.717) is 11.4 Å². The Morgan fingerprint density at radius 3 is 2.48 bits per heavy atom. The van der Waals surface area contributed by atoms with Crippen molar-refractivity contribution in [1.82, 2.24) is 5.32 Å². The van der Waals surface area contributed by atoms with Crippen molar-refractivity contribution < 1.29 is 13.9 Å². The number of urea groups is 1. The summed E-state index contributed by atoms with van der Waals surface area (Å²) < 4.78 is 18.0. The van der Waals surface area contributed by atoms with Crippen LogP contribution in [0.2, 0.25) is 0 Å². The van der Waals surface area contributed by atoms with Gasteiger partial charge in [-0.15, -0.1) is 0 Å². The number of hydrogen-bond donors (Lipinski definition) is 2. The zero-order valence-corrected chi connectivity index (χ0v) is 11.9. The number of amides is 2. The molecule has 110 valence electrons. The molecule has 2 amide bonds. The highest BCUT2D eigenvalue weighted by atomic mass is 19.1. The van der Waals surface area contributed by atoms with E-state index in [4.69, 9.17) is 4.74 Å². The van der Waals surface area contributed by atoms with Crippen LogP contribution >= 0.6 is 0 Å². The molecule has 21 heavy (non-hydrogen) atoms. The fourth-order valence-corrected chi connectivity index (χ4v) is 1.94. The Balaban J connectivity index is 1.99. The Kier molecular flexibility index (Phi) is 4.77. The number of anilines is 1. The number of ether oxygens (including phenoxy) is 1. The molecule has 4 nitrogen and oxygen atoms in total. The molecule has 2 N–H and O–H groups in total. The third-order valence-corrected chi connectivity index (χ3v) is 3.07. The largest absolute Gasteiger partial charge is 0.495 e. The number of carbonyl (C=O) groups excluding carboxylic acids is 1. The maximum atomic E-state index is 12.9. The van der Waals surface area contributed by atoms with E-state index in [-0.39, 0.29) is 17.9 Å². The standard InChI is InChI=1S/C16H17FN2O2/c1-11(12-7-9-13(17)10-8-12)18-16(20)19-14-5-3-4-6-15(14)21-2/h3-11H,1-2H3,(H2,18,19,20)/t11-/m0/s1. The number of carbonyl (C=O) groups is 1. The van der Waals surface area contributed by atoms with Crippen LogP contribution in [0.25, 0.3) is 0 Å². The molecule has 0 saturated carbocycles. The van der Waals surface area contributed by atoms with Crippen LogP contribution in [0.5, 0.6) is 5.75 Å². The van der Waals surface area contributed by atoms with Crippen molar-refractivity contribution in [2.45, 2.75) is 13.0 Å². The molecule has 0 spiro atoms. The molecule has 0 heterocycles. The van der Waals surface area contributed by atoms with Gasteiger partial charge in [-0.3, -0.25) is 0 Å². The normalized spacial score (nSPS) is 11.6. The lowest BCUT2D eigenvalue weighted by molar-refractivity contribution is 0.249. The third-order valence-electron chi connectivity index (χ3n) is 3.07. The van der Waals surface area contributed by atoms with Crippen molar-refractivity contribution in [3.63, 3.8) is 0 Å².